The van der Waals surface area contributed by atoms with Gasteiger partial charge in [0.1, 0.15) is 0 Å². The fourth-order valence-corrected chi connectivity index (χ4v) is 1.89. The third-order valence-electron chi connectivity index (χ3n) is 3.18. The van der Waals surface area contributed by atoms with Gasteiger partial charge in [-0.25, -0.2) is 0 Å². The van der Waals surface area contributed by atoms with Gasteiger partial charge < -0.3 is 15.4 Å². The minimum atomic E-state index is -0.0484. The molecule has 2 fully saturated rings. The Hall–Kier alpha value is -0.610. The van der Waals surface area contributed by atoms with Crippen LogP contribution in [-0.2, 0) is 9.53 Å². The van der Waals surface area contributed by atoms with Crippen LogP contribution in [0.3, 0.4) is 0 Å². The molecule has 2 rings (SSSR count). The van der Waals surface area contributed by atoms with Crippen LogP contribution in [0.5, 0.6) is 0 Å². The Morgan fingerprint density at radius 1 is 1.50 bits per heavy atom. The quantitative estimate of drug-likeness (QED) is 0.665. The van der Waals surface area contributed by atoms with Crippen LogP contribution < -0.4 is 10.6 Å². The number of hydrogen-bond donors (Lipinski definition) is 2. The number of amides is 1. The maximum Gasteiger partial charge on any atom is 0.237 e. The number of nitrogens with one attached hydrogen (secondary N) is 2. The third kappa shape index (κ3) is 2.07. The molecule has 80 valence electrons. The van der Waals surface area contributed by atoms with Gasteiger partial charge in [-0.1, -0.05) is 6.92 Å². The minimum absolute atomic E-state index is 0.0484. The molecule has 1 saturated carbocycles. The molecule has 1 aliphatic heterocycles. The Balaban J connectivity index is 1.75. The minimum Gasteiger partial charge on any atom is -0.380 e. The predicted molar refractivity (Wildman–Crippen MR) is 52.9 cm³/mol. The average molecular weight is 198 g/mol. The molecule has 2 aliphatic rings. The van der Waals surface area contributed by atoms with Gasteiger partial charge >= 0.3 is 0 Å². The van der Waals surface area contributed by atoms with E-state index in [0.29, 0.717) is 12.0 Å². The summed E-state index contributed by atoms with van der Waals surface area (Å²) in [6, 6.07) is 0.374. The Morgan fingerprint density at radius 3 is 2.71 bits per heavy atom. The van der Waals surface area contributed by atoms with Crippen LogP contribution in [0.15, 0.2) is 0 Å². The number of carbonyl (C=O) groups excluding carboxylic acids is 1. The SMILES string of the molecule is CO[C@@H]1CN[C@@H](C(=O)NC2CC2C)C1. The first-order valence-corrected chi connectivity index (χ1v) is 5.27. The van der Waals surface area contributed by atoms with E-state index in [1.54, 1.807) is 7.11 Å². The molecule has 1 heterocycles. The predicted octanol–water partition coefficient (Wildman–Crippen LogP) is -0.112. The Morgan fingerprint density at radius 2 is 2.21 bits per heavy atom. The highest BCUT2D eigenvalue weighted by Crippen LogP contribution is 2.29. The van der Waals surface area contributed by atoms with Gasteiger partial charge in [0.15, 0.2) is 0 Å². The second-order valence-corrected chi connectivity index (χ2v) is 4.38. The fourth-order valence-electron chi connectivity index (χ4n) is 1.89. The van der Waals surface area contributed by atoms with Gasteiger partial charge in [0, 0.05) is 19.7 Å². The van der Waals surface area contributed by atoms with E-state index in [-0.39, 0.29) is 18.1 Å². The van der Waals surface area contributed by atoms with Gasteiger partial charge in [0.25, 0.3) is 0 Å². The number of methoxy groups -OCH3 is 1. The highest BCUT2D eigenvalue weighted by atomic mass is 16.5. The van der Waals surface area contributed by atoms with Crippen LogP contribution in [0.4, 0.5) is 0 Å². The number of carbonyl (C=O) groups is 1. The summed E-state index contributed by atoms with van der Waals surface area (Å²) in [5.41, 5.74) is 0. The van der Waals surface area contributed by atoms with Crippen LogP contribution >= 0.6 is 0 Å². The zero-order chi connectivity index (χ0) is 10.1. The fraction of sp³-hybridized carbons (Fsp3) is 0.900. The van der Waals surface area contributed by atoms with Crippen molar-refractivity contribution in [2.75, 3.05) is 13.7 Å². The summed E-state index contributed by atoms with van der Waals surface area (Å²) < 4.78 is 5.19. The summed E-state index contributed by atoms with van der Waals surface area (Å²) in [7, 11) is 1.69. The van der Waals surface area contributed by atoms with Gasteiger partial charge in [-0.15, -0.1) is 0 Å². The van der Waals surface area contributed by atoms with Gasteiger partial charge in [0.2, 0.25) is 5.91 Å². The molecule has 2 unspecified atom stereocenters. The molecule has 1 saturated heterocycles. The van der Waals surface area contributed by atoms with E-state index in [9.17, 15) is 4.79 Å². The summed E-state index contributed by atoms with van der Waals surface area (Å²) in [5, 5.41) is 6.20. The van der Waals surface area contributed by atoms with E-state index in [1.165, 1.54) is 0 Å². The van der Waals surface area contributed by atoms with Crippen molar-refractivity contribution in [3.8, 4) is 0 Å². The standard InChI is InChI=1S/C10H18N2O2/c1-6-3-8(6)12-10(13)9-4-7(14-2)5-11-9/h6-9,11H,3-5H2,1-2H3,(H,12,13)/t6?,7-,8?,9+/m0/s1. The zero-order valence-corrected chi connectivity index (χ0v) is 8.75. The van der Waals surface area contributed by atoms with Gasteiger partial charge in [-0.3, -0.25) is 4.79 Å². The molecule has 1 amide bonds. The molecule has 2 N–H and O–H groups in total. The summed E-state index contributed by atoms with van der Waals surface area (Å²) in [6.07, 6.45) is 2.12. The van der Waals surface area contributed by atoms with E-state index in [0.717, 1.165) is 19.4 Å². The van der Waals surface area contributed by atoms with Crippen molar-refractivity contribution in [3.05, 3.63) is 0 Å². The average Bonchev–Trinajstić information content (AvgIpc) is 2.72. The maximum atomic E-state index is 11.7. The second kappa shape index (κ2) is 3.87. The monoisotopic (exact) mass is 198 g/mol. The van der Waals surface area contributed by atoms with Crippen molar-refractivity contribution in [2.45, 2.75) is 38.0 Å². The summed E-state index contributed by atoms with van der Waals surface area (Å²) in [5.74, 6) is 0.803. The highest BCUT2D eigenvalue weighted by Gasteiger charge is 2.37. The topological polar surface area (TPSA) is 50.4 Å². The van der Waals surface area contributed by atoms with E-state index in [1.807, 2.05) is 0 Å². The van der Waals surface area contributed by atoms with Crippen molar-refractivity contribution < 1.29 is 9.53 Å². The van der Waals surface area contributed by atoms with E-state index < -0.39 is 0 Å². The van der Waals surface area contributed by atoms with Gasteiger partial charge in [-0.2, -0.15) is 0 Å². The number of rotatable bonds is 3. The lowest BCUT2D eigenvalue weighted by Gasteiger charge is -2.10. The third-order valence-corrected chi connectivity index (χ3v) is 3.18. The van der Waals surface area contributed by atoms with Crippen LogP contribution in [0, 0.1) is 5.92 Å². The van der Waals surface area contributed by atoms with Crippen molar-refractivity contribution in [2.24, 2.45) is 5.92 Å². The summed E-state index contributed by atoms with van der Waals surface area (Å²) >= 11 is 0. The van der Waals surface area contributed by atoms with Crippen LogP contribution in [0.1, 0.15) is 19.8 Å². The largest absolute Gasteiger partial charge is 0.380 e. The number of ether oxygens (including phenoxy) is 1. The van der Waals surface area contributed by atoms with Gasteiger partial charge in [-0.05, 0) is 18.8 Å². The zero-order valence-electron chi connectivity index (χ0n) is 8.75. The molecule has 0 bridgehead atoms. The first-order chi connectivity index (χ1) is 6.70. The van der Waals surface area contributed by atoms with Crippen LogP contribution in [0.2, 0.25) is 0 Å². The van der Waals surface area contributed by atoms with Crippen LogP contribution in [-0.4, -0.2) is 37.7 Å². The maximum absolute atomic E-state index is 11.7. The smallest absolute Gasteiger partial charge is 0.237 e. The van der Waals surface area contributed by atoms with E-state index >= 15 is 0 Å². The highest BCUT2D eigenvalue weighted by molar-refractivity contribution is 5.82. The molecule has 0 spiro atoms. The molecule has 4 atom stereocenters. The number of hydrogen-bond acceptors (Lipinski definition) is 3. The van der Waals surface area contributed by atoms with Gasteiger partial charge in [0.05, 0.1) is 12.1 Å². The molecule has 0 aromatic carbocycles. The Bertz CT molecular complexity index is 232. The van der Waals surface area contributed by atoms with Crippen molar-refractivity contribution in [3.63, 3.8) is 0 Å². The van der Waals surface area contributed by atoms with Crippen molar-refractivity contribution >= 4 is 5.91 Å². The molecule has 0 aromatic rings. The van der Waals surface area contributed by atoms with Crippen molar-refractivity contribution in [1.29, 1.82) is 0 Å². The first kappa shape index (κ1) is 9.93. The van der Waals surface area contributed by atoms with Crippen LogP contribution in [0.25, 0.3) is 0 Å². The summed E-state index contributed by atoms with van der Waals surface area (Å²) in [4.78, 5) is 11.7. The molecule has 14 heavy (non-hydrogen) atoms. The lowest BCUT2D eigenvalue weighted by Crippen LogP contribution is -2.41. The summed E-state index contributed by atoms with van der Waals surface area (Å²) in [6.45, 7) is 2.94. The Kier molecular flexibility index (Phi) is 2.74. The Labute approximate surface area is 84.4 Å². The molecular formula is C10H18N2O2. The molecule has 4 nitrogen and oxygen atoms in total. The molecular weight excluding hydrogens is 180 g/mol. The molecule has 1 aliphatic carbocycles. The van der Waals surface area contributed by atoms with Crippen molar-refractivity contribution in [1.82, 2.24) is 10.6 Å². The van der Waals surface area contributed by atoms with E-state index in [4.69, 9.17) is 4.74 Å². The molecule has 0 aromatic heterocycles. The normalized spacial score (nSPS) is 41.0. The molecule has 0 radical (unpaired) electrons. The molecule has 4 heteroatoms. The lowest BCUT2D eigenvalue weighted by molar-refractivity contribution is -0.123. The second-order valence-electron chi connectivity index (χ2n) is 4.38. The van der Waals surface area contributed by atoms with E-state index in [2.05, 4.69) is 17.6 Å². The lowest BCUT2D eigenvalue weighted by atomic mass is 10.2. The first-order valence-electron chi connectivity index (χ1n) is 5.27.